The maximum Gasteiger partial charge on any atom is 0.260 e. The van der Waals surface area contributed by atoms with Gasteiger partial charge in [0, 0.05) is 25.3 Å². The van der Waals surface area contributed by atoms with Gasteiger partial charge in [-0.25, -0.2) is 0 Å². The average molecular weight is 250 g/mol. The number of carbonyl (C=O) groups is 1. The van der Waals surface area contributed by atoms with E-state index in [0.29, 0.717) is 17.4 Å². The highest BCUT2D eigenvalue weighted by atomic mass is 16.5. The highest BCUT2D eigenvalue weighted by Gasteiger charge is 2.12. The van der Waals surface area contributed by atoms with E-state index >= 15 is 0 Å². The zero-order valence-electron chi connectivity index (χ0n) is 11.3. The zero-order valence-corrected chi connectivity index (χ0v) is 11.3. The molecule has 0 spiro atoms. The fourth-order valence-corrected chi connectivity index (χ4v) is 1.56. The van der Waals surface area contributed by atoms with Gasteiger partial charge in [0.15, 0.2) is 6.61 Å². The molecule has 0 aliphatic heterocycles. The van der Waals surface area contributed by atoms with Crippen molar-refractivity contribution >= 4 is 11.6 Å². The van der Waals surface area contributed by atoms with Crippen LogP contribution in [-0.4, -0.2) is 31.0 Å². The lowest BCUT2D eigenvalue weighted by Crippen LogP contribution is -2.34. The Morgan fingerprint density at radius 3 is 2.83 bits per heavy atom. The van der Waals surface area contributed by atoms with Gasteiger partial charge in [0.25, 0.3) is 5.91 Å². The summed E-state index contributed by atoms with van der Waals surface area (Å²) in [6.07, 6.45) is 1.06. The highest BCUT2D eigenvalue weighted by Crippen LogP contribution is 2.14. The molecule has 2 N–H and O–H groups in total. The third kappa shape index (κ3) is 4.65. The van der Waals surface area contributed by atoms with E-state index in [9.17, 15) is 4.79 Å². The molecular weight excluding hydrogens is 228 g/mol. The number of anilines is 1. The summed E-state index contributed by atoms with van der Waals surface area (Å²) in [6.45, 7) is 5.06. The summed E-state index contributed by atoms with van der Waals surface area (Å²) >= 11 is 0. The number of hydrogen-bond acceptors (Lipinski definition) is 3. The van der Waals surface area contributed by atoms with Crippen LogP contribution in [0.5, 0.6) is 5.75 Å². The molecule has 1 unspecified atom stereocenters. The second-order valence-corrected chi connectivity index (χ2v) is 4.65. The van der Waals surface area contributed by atoms with Crippen molar-refractivity contribution in [2.75, 3.05) is 25.9 Å². The van der Waals surface area contributed by atoms with Gasteiger partial charge in [-0.2, -0.15) is 0 Å². The topological polar surface area (TPSA) is 55.6 Å². The summed E-state index contributed by atoms with van der Waals surface area (Å²) in [4.78, 5) is 13.5. The number of hydrogen-bond donors (Lipinski definition) is 1. The molecule has 0 radical (unpaired) electrons. The number of benzene rings is 1. The van der Waals surface area contributed by atoms with Crippen LogP contribution in [0.4, 0.5) is 5.69 Å². The summed E-state index contributed by atoms with van der Waals surface area (Å²) in [5.74, 6) is 1.12. The fourth-order valence-electron chi connectivity index (χ4n) is 1.56. The Bertz CT molecular complexity index is 393. The molecule has 0 fully saturated rings. The van der Waals surface area contributed by atoms with Gasteiger partial charge in [-0.15, -0.1) is 0 Å². The standard InChI is InChI=1S/C14H22N2O2/c1-4-11(2)9-16(3)14(17)10-18-13-7-5-6-12(15)8-13/h5-8,11H,4,9-10,15H2,1-3H3. The van der Waals surface area contributed by atoms with E-state index in [0.717, 1.165) is 13.0 Å². The molecule has 4 nitrogen and oxygen atoms in total. The van der Waals surface area contributed by atoms with Crippen molar-refractivity contribution in [1.29, 1.82) is 0 Å². The number of nitrogens with two attached hydrogens (primary N) is 1. The maximum absolute atomic E-state index is 11.8. The summed E-state index contributed by atoms with van der Waals surface area (Å²) in [5, 5.41) is 0. The van der Waals surface area contributed by atoms with Gasteiger partial charge >= 0.3 is 0 Å². The van der Waals surface area contributed by atoms with E-state index in [2.05, 4.69) is 13.8 Å². The van der Waals surface area contributed by atoms with Crippen LogP contribution in [-0.2, 0) is 4.79 Å². The number of nitrogens with zero attached hydrogens (tertiary/aromatic N) is 1. The Morgan fingerprint density at radius 2 is 2.22 bits per heavy atom. The van der Waals surface area contributed by atoms with Crippen LogP contribution in [0, 0.1) is 5.92 Å². The van der Waals surface area contributed by atoms with Gasteiger partial charge in [-0.3, -0.25) is 4.79 Å². The van der Waals surface area contributed by atoms with Crippen molar-refractivity contribution in [3.63, 3.8) is 0 Å². The number of nitrogen functional groups attached to an aromatic ring is 1. The molecule has 0 saturated carbocycles. The minimum Gasteiger partial charge on any atom is -0.484 e. The van der Waals surface area contributed by atoms with Crippen LogP contribution < -0.4 is 10.5 Å². The minimum atomic E-state index is -0.0160. The fraction of sp³-hybridized carbons (Fsp3) is 0.500. The Morgan fingerprint density at radius 1 is 1.50 bits per heavy atom. The quantitative estimate of drug-likeness (QED) is 0.787. The van der Waals surface area contributed by atoms with Crippen molar-refractivity contribution in [3.8, 4) is 5.75 Å². The molecule has 1 amide bonds. The van der Waals surface area contributed by atoms with Crippen LogP contribution in [0.15, 0.2) is 24.3 Å². The van der Waals surface area contributed by atoms with Crippen LogP contribution >= 0.6 is 0 Å². The molecule has 100 valence electrons. The number of ether oxygens (including phenoxy) is 1. The summed E-state index contributed by atoms with van der Waals surface area (Å²) in [6, 6.07) is 7.09. The lowest BCUT2D eigenvalue weighted by Gasteiger charge is -2.20. The SMILES string of the molecule is CCC(C)CN(C)C(=O)COc1cccc(N)c1. The van der Waals surface area contributed by atoms with Crippen molar-refractivity contribution in [1.82, 2.24) is 4.90 Å². The molecule has 4 heteroatoms. The van der Waals surface area contributed by atoms with Crippen LogP contribution in [0.3, 0.4) is 0 Å². The molecule has 1 aromatic rings. The average Bonchev–Trinajstić information content (AvgIpc) is 2.35. The van der Waals surface area contributed by atoms with Gasteiger partial charge < -0.3 is 15.4 Å². The smallest absolute Gasteiger partial charge is 0.260 e. The molecule has 0 bridgehead atoms. The molecule has 0 aromatic heterocycles. The first kappa shape index (κ1) is 14.4. The Labute approximate surface area is 109 Å². The van der Waals surface area contributed by atoms with Crippen molar-refractivity contribution in [2.24, 2.45) is 5.92 Å². The van der Waals surface area contributed by atoms with E-state index in [1.807, 2.05) is 0 Å². The molecule has 0 saturated heterocycles. The van der Waals surface area contributed by atoms with E-state index in [4.69, 9.17) is 10.5 Å². The predicted molar refractivity (Wildman–Crippen MR) is 73.4 cm³/mol. The highest BCUT2D eigenvalue weighted by molar-refractivity contribution is 5.77. The minimum absolute atomic E-state index is 0.0160. The normalized spacial score (nSPS) is 11.9. The lowest BCUT2D eigenvalue weighted by atomic mass is 10.1. The van der Waals surface area contributed by atoms with Gasteiger partial charge in [0.05, 0.1) is 0 Å². The van der Waals surface area contributed by atoms with Crippen molar-refractivity contribution in [2.45, 2.75) is 20.3 Å². The number of carbonyl (C=O) groups excluding carboxylic acids is 1. The lowest BCUT2D eigenvalue weighted by molar-refractivity contribution is -0.132. The molecule has 0 aliphatic rings. The summed E-state index contributed by atoms with van der Waals surface area (Å²) < 4.78 is 5.41. The van der Waals surface area contributed by atoms with Gasteiger partial charge in [0.1, 0.15) is 5.75 Å². The maximum atomic E-state index is 11.8. The van der Waals surface area contributed by atoms with E-state index in [1.165, 1.54) is 0 Å². The van der Waals surface area contributed by atoms with E-state index < -0.39 is 0 Å². The van der Waals surface area contributed by atoms with E-state index in [-0.39, 0.29) is 12.5 Å². The Kier molecular flexibility index (Phi) is 5.49. The first-order valence-corrected chi connectivity index (χ1v) is 6.25. The first-order chi connectivity index (χ1) is 8.52. The second kappa shape index (κ2) is 6.89. The number of rotatable bonds is 6. The second-order valence-electron chi connectivity index (χ2n) is 4.65. The summed E-state index contributed by atoms with van der Waals surface area (Å²) in [7, 11) is 1.80. The molecule has 1 atom stereocenters. The van der Waals surface area contributed by atoms with Gasteiger partial charge in [0.2, 0.25) is 0 Å². The molecular formula is C14H22N2O2. The van der Waals surface area contributed by atoms with Crippen LogP contribution in [0.25, 0.3) is 0 Å². The van der Waals surface area contributed by atoms with Gasteiger partial charge in [-0.1, -0.05) is 26.3 Å². The van der Waals surface area contributed by atoms with Crippen molar-refractivity contribution < 1.29 is 9.53 Å². The van der Waals surface area contributed by atoms with Crippen LogP contribution in [0.2, 0.25) is 0 Å². The Hall–Kier alpha value is -1.71. The van der Waals surface area contributed by atoms with Gasteiger partial charge in [-0.05, 0) is 18.1 Å². The first-order valence-electron chi connectivity index (χ1n) is 6.25. The third-order valence-electron chi connectivity index (χ3n) is 2.93. The molecule has 0 heterocycles. The Balaban J connectivity index is 2.41. The predicted octanol–water partition coefficient (Wildman–Crippen LogP) is 2.15. The molecule has 18 heavy (non-hydrogen) atoms. The monoisotopic (exact) mass is 250 g/mol. The molecule has 0 aliphatic carbocycles. The third-order valence-corrected chi connectivity index (χ3v) is 2.93. The zero-order chi connectivity index (χ0) is 13.5. The largest absolute Gasteiger partial charge is 0.484 e. The molecule has 1 rings (SSSR count). The van der Waals surface area contributed by atoms with Crippen molar-refractivity contribution in [3.05, 3.63) is 24.3 Å². The molecule has 1 aromatic carbocycles. The number of likely N-dealkylation sites (N-methyl/N-ethyl adjacent to an activating group) is 1. The van der Waals surface area contributed by atoms with Crippen LogP contribution in [0.1, 0.15) is 20.3 Å². The van der Waals surface area contributed by atoms with E-state index in [1.54, 1.807) is 36.2 Å². The number of amides is 1. The summed E-state index contributed by atoms with van der Waals surface area (Å²) in [5.41, 5.74) is 6.27.